The summed E-state index contributed by atoms with van der Waals surface area (Å²) in [5, 5.41) is 1.21. The fourth-order valence-corrected chi connectivity index (χ4v) is 5.76. The molecule has 1 fully saturated rings. The van der Waals surface area contributed by atoms with E-state index >= 15 is 0 Å². The second kappa shape index (κ2) is 8.63. The fourth-order valence-electron chi connectivity index (χ4n) is 5.76. The zero-order chi connectivity index (χ0) is 24.9. The Labute approximate surface area is 215 Å². The van der Waals surface area contributed by atoms with Crippen LogP contribution in [0.1, 0.15) is 5.56 Å². The van der Waals surface area contributed by atoms with E-state index in [1.165, 1.54) is 34.5 Å². The average Bonchev–Trinajstić information content (AvgIpc) is 3.26. The Morgan fingerprint density at radius 3 is 2.11 bits per heavy atom. The van der Waals surface area contributed by atoms with E-state index in [0.717, 1.165) is 59.5 Å². The third-order valence-electron chi connectivity index (χ3n) is 7.67. The van der Waals surface area contributed by atoms with Crippen molar-refractivity contribution in [2.75, 3.05) is 36.0 Å². The summed E-state index contributed by atoms with van der Waals surface area (Å²) in [5.74, 6) is -0.241. The lowest BCUT2D eigenvalue weighted by molar-refractivity contribution is 0.628. The Kier molecular flexibility index (Phi) is 5.10. The van der Waals surface area contributed by atoms with Crippen LogP contribution in [0.5, 0.6) is 0 Å². The largest absolute Gasteiger partial charge is 0.368 e. The summed E-state index contributed by atoms with van der Waals surface area (Å²) in [7, 11) is 0. The van der Waals surface area contributed by atoms with E-state index in [1.54, 1.807) is 0 Å². The van der Waals surface area contributed by atoms with Gasteiger partial charge in [0.15, 0.2) is 0 Å². The first kappa shape index (κ1) is 21.9. The fraction of sp³-hybridized carbons (Fsp3) is 0.156. The molecule has 37 heavy (non-hydrogen) atoms. The van der Waals surface area contributed by atoms with Crippen molar-refractivity contribution in [3.63, 3.8) is 0 Å². The van der Waals surface area contributed by atoms with Crippen LogP contribution in [0.3, 0.4) is 0 Å². The number of fused-ring (bicyclic) bond motifs is 5. The van der Waals surface area contributed by atoms with Gasteiger partial charge in [0, 0.05) is 48.5 Å². The molecule has 7 rings (SSSR count). The van der Waals surface area contributed by atoms with Gasteiger partial charge >= 0.3 is 0 Å². The van der Waals surface area contributed by atoms with Crippen LogP contribution in [0.4, 0.5) is 15.8 Å². The summed E-state index contributed by atoms with van der Waals surface area (Å²) < 4.78 is 16.1. The maximum atomic E-state index is 13.7. The lowest BCUT2D eigenvalue weighted by Crippen LogP contribution is -2.46. The number of rotatable bonds is 3. The summed E-state index contributed by atoms with van der Waals surface area (Å²) >= 11 is 0. The first-order valence-corrected chi connectivity index (χ1v) is 12.8. The minimum Gasteiger partial charge on any atom is -0.368 e. The number of nitrogens with zero attached hydrogens (tertiary/aromatic N) is 4. The highest BCUT2D eigenvalue weighted by Gasteiger charge is 2.21. The topological polar surface area (TPSA) is 23.8 Å². The van der Waals surface area contributed by atoms with Gasteiger partial charge in [-0.05, 0) is 73.2 Å². The first-order valence-electron chi connectivity index (χ1n) is 12.8. The monoisotopic (exact) mass is 486 g/mol. The molecule has 182 valence electrons. The number of benzene rings is 4. The minimum absolute atomic E-state index is 0.241. The van der Waals surface area contributed by atoms with Crippen molar-refractivity contribution in [1.29, 1.82) is 0 Å². The Morgan fingerprint density at radius 2 is 1.35 bits per heavy atom. The maximum Gasteiger partial charge on any atom is 0.123 e. The minimum atomic E-state index is -0.241. The lowest BCUT2D eigenvalue weighted by atomic mass is 10.1. The molecule has 0 bridgehead atoms. The molecule has 2 aromatic heterocycles. The predicted molar refractivity (Wildman–Crippen MR) is 151 cm³/mol. The van der Waals surface area contributed by atoms with Crippen molar-refractivity contribution >= 4 is 38.8 Å². The second-order valence-electron chi connectivity index (χ2n) is 9.78. The van der Waals surface area contributed by atoms with Gasteiger partial charge in [-0.2, -0.15) is 0 Å². The Hall–Kier alpha value is -4.38. The van der Waals surface area contributed by atoms with Crippen LogP contribution < -0.4 is 9.80 Å². The van der Waals surface area contributed by atoms with E-state index in [2.05, 4.69) is 93.9 Å². The lowest BCUT2D eigenvalue weighted by Gasteiger charge is -2.37. The van der Waals surface area contributed by atoms with Gasteiger partial charge in [-0.25, -0.2) is 9.37 Å². The van der Waals surface area contributed by atoms with E-state index < -0.39 is 0 Å². The van der Waals surface area contributed by atoms with Crippen molar-refractivity contribution in [2.45, 2.75) is 6.92 Å². The van der Waals surface area contributed by atoms with Gasteiger partial charge in [-0.15, -0.1) is 0 Å². The molecular formula is C32H27FN4. The quantitative estimate of drug-likeness (QED) is 0.267. The van der Waals surface area contributed by atoms with E-state index in [-0.39, 0.29) is 5.82 Å². The van der Waals surface area contributed by atoms with Crippen molar-refractivity contribution in [2.24, 2.45) is 0 Å². The second-order valence-corrected chi connectivity index (χ2v) is 9.78. The number of hydrogen-bond acceptors (Lipinski definition) is 3. The third kappa shape index (κ3) is 3.61. The Balaban J connectivity index is 1.36. The highest BCUT2D eigenvalue weighted by molar-refractivity contribution is 6.02. The molecule has 4 nitrogen and oxygen atoms in total. The first-order chi connectivity index (χ1) is 18.2. The summed E-state index contributed by atoms with van der Waals surface area (Å²) in [4.78, 5) is 10.1. The van der Waals surface area contributed by atoms with Crippen molar-refractivity contribution in [3.05, 3.63) is 108 Å². The van der Waals surface area contributed by atoms with Crippen LogP contribution in [0, 0.1) is 12.7 Å². The van der Waals surface area contributed by atoms with Crippen LogP contribution in [0.15, 0.2) is 97.1 Å². The zero-order valence-corrected chi connectivity index (χ0v) is 20.7. The highest BCUT2D eigenvalue weighted by atomic mass is 19.1. The molecule has 1 aliphatic heterocycles. The van der Waals surface area contributed by atoms with Gasteiger partial charge in [0.1, 0.15) is 5.82 Å². The van der Waals surface area contributed by atoms with E-state index in [9.17, 15) is 4.39 Å². The number of para-hydroxylation sites is 2. The number of aryl methyl sites for hydroxylation is 1. The molecule has 5 heteroatoms. The standard InChI is InChI=1S/C32H27FN4/c1-22-27-9-5-6-10-29(27)37-30-21-26(36-19-17-35(18-20-36)25-7-3-2-4-8-25)15-16-28(30)34-31(32(22)37)23-11-13-24(33)14-12-23/h2-16,21H,17-20H2,1H3. The van der Waals surface area contributed by atoms with Gasteiger partial charge in [0.2, 0.25) is 0 Å². The molecule has 4 aromatic carbocycles. The average molecular weight is 487 g/mol. The Bertz CT molecular complexity index is 1750. The normalized spacial score (nSPS) is 14.2. The number of piperazine rings is 1. The molecule has 0 saturated carbocycles. The zero-order valence-electron chi connectivity index (χ0n) is 20.7. The molecule has 6 aromatic rings. The summed E-state index contributed by atoms with van der Waals surface area (Å²) in [6.07, 6.45) is 0. The van der Waals surface area contributed by atoms with Crippen molar-refractivity contribution < 1.29 is 4.39 Å². The van der Waals surface area contributed by atoms with Crippen LogP contribution in [-0.4, -0.2) is 35.6 Å². The Morgan fingerprint density at radius 1 is 0.676 bits per heavy atom. The number of halogens is 1. The van der Waals surface area contributed by atoms with Crippen molar-refractivity contribution in [1.82, 2.24) is 9.38 Å². The smallest absolute Gasteiger partial charge is 0.123 e. The van der Waals surface area contributed by atoms with Crippen LogP contribution >= 0.6 is 0 Å². The SMILES string of the molecule is Cc1c2ccccc2n2c1c(-c1ccc(F)cc1)nc1ccc(N3CCN(c4ccccc4)CC3)cc12. The van der Waals surface area contributed by atoms with Crippen LogP contribution in [-0.2, 0) is 0 Å². The predicted octanol–water partition coefficient (Wildman–Crippen LogP) is 7.08. The molecule has 1 saturated heterocycles. The van der Waals surface area contributed by atoms with Crippen LogP contribution in [0.25, 0.3) is 38.7 Å². The molecule has 3 heterocycles. The van der Waals surface area contributed by atoms with Gasteiger partial charge in [0.25, 0.3) is 0 Å². The van der Waals surface area contributed by atoms with Gasteiger partial charge in [-0.1, -0.05) is 36.4 Å². The van der Waals surface area contributed by atoms with E-state index in [1.807, 2.05) is 12.1 Å². The molecule has 0 unspecified atom stereocenters. The van der Waals surface area contributed by atoms with Crippen LogP contribution in [0.2, 0.25) is 0 Å². The summed E-state index contributed by atoms with van der Waals surface area (Å²) in [6.45, 7) is 6.08. The molecule has 0 radical (unpaired) electrons. The van der Waals surface area contributed by atoms with Gasteiger partial charge in [0.05, 0.1) is 27.8 Å². The van der Waals surface area contributed by atoms with E-state index in [4.69, 9.17) is 4.98 Å². The molecule has 0 amide bonds. The van der Waals surface area contributed by atoms with Crippen molar-refractivity contribution in [3.8, 4) is 11.3 Å². The number of anilines is 2. The summed E-state index contributed by atoms with van der Waals surface area (Å²) in [6, 6.07) is 32.4. The molecule has 0 spiro atoms. The maximum absolute atomic E-state index is 13.7. The van der Waals surface area contributed by atoms with E-state index in [0.29, 0.717) is 0 Å². The van der Waals surface area contributed by atoms with Gasteiger partial charge in [-0.3, -0.25) is 0 Å². The molecule has 1 aliphatic rings. The number of aromatic nitrogens is 2. The number of hydrogen-bond donors (Lipinski definition) is 0. The van der Waals surface area contributed by atoms with Gasteiger partial charge < -0.3 is 14.2 Å². The third-order valence-corrected chi connectivity index (χ3v) is 7.67. The summed E-state index contributed by atoms with van der Waals surface area (Å²) in [5.41, 5.74) is 9.75. The molecule has 0 atom stereocenters. The molecule has 0 aliphatic carbocycles. The molecule has 0 N–H and O–H groups in total. The highest BCUT2D eigenvalue weighted by Crippen LogP contribution is 2.36. The molecular weight excluding hydrogens is 459 g/mol.